The second kappa shape index (κ2) is 5.95. The lowest BCUT2D eigenvalue weighted by molar-refractivity contribution is 0.172. The lowest BCUT2D eigenvalue weighted by Crippen LogP contribution is -2.06. The van der Waals surface area contributed by atoms with E-state index in [1.54, 1.807) is 24.3 Å². The van der Waals surface area contributed by atoms with Gasteiger partial charge in [-0.25, -0.2) is 4.39 Å². The Balaban J connectivity index is 1.92. The van der Waals surface area contributed by atoms with E-state index in [0.29, 0.717) is 16.1 Å². The van der Waals surface area contributed by atoms with Gasteiger partial charge in [0.05, 0.1) is 17.2 Å². The maximum Gasteiger partial charge on any atom is 0.143 e. The molecule has 1 atom stereocenters. The summed E-state index contributed by atoms with van der Waals surface area (Å²) < 4.78 is 20.0. The molecule has 5 heteroatoms. The first-order chi connectivity index (χ1) is 10.1. The van der Waals surface area contributed by atoms with E-state index >= 15 is 0 Å². The van der Waals surface area contributed by atoms with E-state index in [4.69, 9.17) is 16.3 Å². The van der Waals surface area contributed by atoms with E-state index in [1.807, 2.05) is 6.07 Å². The Kier molecular flexibility index (Phi) is 4.20. The quantitative estimate of drug-likeness (QED) is 0.863. The van der Waals surface area contributed by atoms with Crippen molar-refractivity contribution in [1.82, 2.24) is 0 Å². The van der Waals surface area contributed by atoms with E-state index in [9.17, 15) is 9.50 Å². The monoisotopic (exact) mass is 370 g/mol. The molecule has 0 saturated carbocycles. The number of aliphatic hydroxyl groups is 1. The molecular formula is C16H13BrClFO2. The van der Waals surface area contributed by atoms with E-state index in [0.717, 1.165) is 23.3 Å². The minimum atomic E-state index is -0.950. The molecule has 0 spiro atoms. The Labute approximate surface area is 135 Å². The average molecular weight is 372 g/mol. The van der Waals surface area contributed by atoms with Crippen LogP contribution < -0.4 is 4.74 Å². The molecule has 2 aromatic rings. The number of benzene rings is 2. The molecule has 1 aliphatic heterocycles. The van der Waals surface area contributed by atoms with Gasteiger partial charge in [-0.3, -0.25) is 0 Å². The van der Waals surface area contributed by atoms with Crippen LogP contribution in [0, 0.1) is 5.82 Å². The van der Waals surface area contributed by atoms with Crippen LogP contribution in [0.4, 0.5) is 4.39 Å². The summed E-state index contributed by atoms with van der Waals surface area (Å²) in [5, 5.41) is 10.9. The molecule has 1 N–H and O–H groups in total. The molecule has 0 aliphatic carbocycles. The average Bonchev–Trinajstić information content (AvgIpc) is 2.90. The Bertz CT molecular complexity index is 690. The summed E-state index contributed by atoms with van der Waals surface area (Å²) in [6, 6.07) is 8.52. The number of aliphatic hydroxyl groups excluding tert-OH is 1. The third-order valence-corrected chi connectivity index (χ3v) is 4.41. The fourth-order valence-electron chi connectivity index (χ4n) is 2.59. The lowest BCUT2D eigenvalue weighted by Gasteiger charge is -2.15. The first kappa shape index (κ1) is 14.8. The summed E-state index contributed by atoms with van der Waals surface area (Å²) in [7, 11) is 0. The second-order valence-corrected chi connectivity index (χ2v) is 6.31. The number of hydrogen-bond donors (Lipinski definition) is 1. The minimum Gasteiger partial charge on any atom is -0.493 e. The zero-order chi connectivity index (χ0) is 15.0. The van der Waals surface area contributed by atoms with Gasteiger partial charge < -0.3 is 9.84 Å². The maximum absolute atomic E-state index is 14.0. The van der Waals surface area contributed by atoms with Crippen molar-refractivity contribution >= 4 is 27.5 Å². The highest BCUT2D eigenvalue weighted by Gasteiger charge is 2.22. The minimum absolute atomic E-state index is 0.260. The number of fused-ring (bicyclic) bond motifs is 1. The fraction of sp³-hybridized carbons (Fsp3) is 0.250. The number of halogens is 3. The van der Waals surface area contributed by atoms with E-state index < -0.39 is 11.9 Å². The Morgan fingerprint density at radius 2 is 2.19 bits per heavy atom. The van der Waals surface area contributed by atoms with Gasteiger partial charge in [-0.1, -0.05) is 23.7 Å². The fourth-order valence-corrected chi connectivity index (χ4v) is 3.24. The normalized spacial score (nSPS) is 14.7. The van der Waals surface area contributed by atoms with Gasteiger partial charge in [0, 0.05) is 23.4 Å². The van der Waals surface area contributed by atoms with Crippen LogP contribution in [0.1, 0.15) is 22.8 Å². The first-order valence-electron chi connectivity index (χ1n) is 6.62. The van der Waals surface area contributed by atoms with Crippen molar-refractivity contribution in [3.8, 4) is 5.75 Å². The molecule has 0 fully saturated rings. The summed E-state index contributed by atoms with van der Waals surface area (Å²) in [5.41, 5.74) is 2.11. The summed E-state index contributed by atoms with van der Waals surface area (Å²) >= 11 is 9.22. The summed E-state index contributed by atoms with van der Waals surface area (Å²) in [4.78, 5) is 0. The molecule has 0 saturated heterocycles. The zero-order valence-electron chi connectivity index (χ0n) is 11.1. The van der Waals surface area contributed by atoms with Crippen LogP contribution in [0.3, 0.4) is 0 Å². The topological polar surface area (TPSA) is 29.5 Å². The Morgan fingerprint density at radius 3 is 3.00 bits per heavy atom. The van der Waals surface area contributed by atoms with Gasteiger partial charge in [0.25, 0.3) is 0 Å². The van der Waals surface area contributed by atoms with Crippen LogP contribution in [0.5, 0.6) is 5.75 Å². The molecule has 3 rings (SSSR count). The van der Waals surface area contributed by atoms with Gasteiger partial charge in [0.15, 0.2) is 0 Å². The van der Waals surface area contributed by atoms with Gasteiger partial charge in [-0.15, -0.1) is 0 Å². The SMILES string of the molecule is OC(Cc1cc(Cl)cc2c1OCC2)c1cccc(Br)c1F. The van der Waals surface area contributed by atoms with Gasteiger partial charge in [0.2, 0.25) is 0 Å². The molecule has 2 nitrogen and oxygen atoms in total. The van der Waals surface area contributed by atoms with Gasteiger partial charge in [0.1, 0.15) is 11.6 Å². The van der Waals surface area contributed by atoms with Crippen molar-refractivity contribution in [2.24, 2.45) is 0 Å². The smallest absolute Gasteiger partial charge is 0.143 e. The highest BCUT2D eigenvalue weighted by molar-refractivity contribution is 9.10. The Morgan fingerprint density at radius 1 is 1.38 bits per heavy atom. The lowest BCUT2D eigenvalue weighted by atomic mass is 9.98. The van der Waals surface area contributed by atoms with Crippen molar-refractivity contribution in [2.45, 2.75) is 18.9 Å². The third-order valence-electron chi connectivity index (χ3n) is 3.58. The first-order valence-corrected chi connectivity index (χ1v) is 7.79. The third kappa shape index (κ3) is 2.93. The van der Waals surface area contributed by atoms with Crippen LogP contribution >= 0.6 is 27.5 Å². The molecular weight excluding hydrogens is 359 g/mol. The molecule has 0 amide bonds. The van der Waals surface area contributed by atoms with Crippen LogP contribution in [-0.2, 0) is 12.8 Å². The number of ether oxygens (including phenoxy) is 1. The highest BCUT2D eigenvalue weighted by Crippen LogP contribution is 2.36. The molecule has 21 heavy (non-hydrogen) atoms. The van der Waals surface area contributed by atoms with Crippen molar-refractivity contribution in [2.75, 3.05) is 6.61 Å². The number of hydrogen-bond acceptors (Lipinski definition) is 2. The molecule has 2 aromatic carbocycles. The molecule has 1 heterocycles. The molecule has 1 unspecified atom stereocenters. The van der Waals surface area contributed by atoms with Crippen LogP contribution in [0.15, 0.2) is 34.8 Å². The van der Waals surface area contributed by atoms with Gasteiger partial charge in [-0.05, 0) is 45.3 Å². The highest BCUT2D eigenvalue weighted by atomic mass is 79.9. The standard InChI is InChI=1S/C16H13BrClFO2/c17-13-3-1-2-12(15(13)19)14(20)8-10-7-11(18)6-9-4-5-21-16(9)10/h1-3,6-7,14,20H,4-5,8H2. The summed E-state index contributed by atoms with van der Waals surface area (Å²) in [6.07, 6.45) is 0.120. The molecule has 0 radical (unpaired) electrons. The van der Waals surface area contributed by atoms with Crippen molar-refractivity contribution in [3.63, 3.8) is 0 Å². The van der Waals surface area contributed by atoms with Crippen LogP contribution in [0.2, 0.25) is 5.02 Å². The summed E-state index contributed by atoms with van der Waals surface area (Å²) in [6.45, 7) is 0.615. The van der Waals surface area contributed by atoms with Crippen molar-refractivity contribution in [1.29, 1.82) is 0 Å². The predicted octanol–water partition coefficient (Wildman–Crippen LogP) is 4.45. The van der Waals surface area contributed by atoms with E-state index in [-0.39, 0.29) is 12.0 Å². The van der Waals surface area contributed by atoms with Crippen LogP contribution in [-0.4, -0.2) is 11.7 Å². The van der Waals surface area contributed by atoms with Gasteiger partial charge in [-0.2, -0.15) is 0 Å². The Hall–Kier alpha value is -1.10. The van der Waals surface area contributed by atoms with Crippen LogP contribution in [0.25, 0.3) is 0 Å². The predicted molar refractivity (Wildman–Crippen MR) is 83.4 cm³/mol. The van der Waals surface area contributed by atoms with Gasteiger partial charge >= 0.3 is 0 Å². The van der Waals surface area contributed by atoms with Crippen molar-refractivity contribution in [3.05, 3.63) is 62.3 Å². The molecule has 0 bridgehead atoms. The summed E-state index contributed by atoms with van der Waals surface area (Å²) in [5.74, 6) is 0.332. The largest absolute Gasteiger partial charge is 0.493 e. The molecule has 0 aromatic heterocycles. The molecule has 1 aliphatic rings. The zero-order valence-corrected chi connectivity index (χ0v) is 13.4. The van der Waals surface area contributed by atoms with Crippen molar-refractivity contribution < 1.29 is 14.2 Å². The maximum atomic E-state index is 14.0. The van der Waals surface area contributed by atoms with E-state index in [2.05, 4.69) is 15.9 Å². The molecule has 110 valence electrons. The number of rotatable bonds is 3. The van der Waals surface area contributed by atoms with E-state index in [1.165, 1.54) is 0 Å². The second-order valence-electron chi connectivity index (χ2n) is 5.01.